The number of carbonyl (C=O) groups excluding carboxylic acids is 1. The van der Waals surface area contributed by atoms with Crippen LogP contribution >= 0.6 is 15.9 Å². The van der Waals surface area contributed by atoms with Crippen molar-refractivity contribution in [2.75, 3.05) is 26.2 Å². The molecule has 0 saturated carbocycles. The van der Waals surface area contributed by atoms with Gasteiger partial charge < -0.3 is 10.2 Å². The molecule has 0 atom stereocenters. The standard InChI is InChI=1S/C15H20BrFN2O/c1-2-19(10-11-5-7-18-8-6-11)15(20)12-3-4-14(17)13(16)9-12/h3-4,9,11,18H,2,5-8,10H2,1H3. The number of rotatable bonds is 4. The Balaban J connectivity index is 2.05. The molecule has 1 N–H and O–H groups in total. The van der Waals surface area contributed by atoms with Gasteiger partial charge in [0, 0.05) is 18.7 Å². The van der Waals surface area contributed by atoms with Crippen molar-refractivity contribution in [2.24, 2.45) is 5.92 Å². The van der Waals surface area contributed by atoms with Gasteiger partial charge in [0.25, 0.3) is 5.91 Å². The third kappa shape index (κ3) is 3.79. The average molecular weight is 343 g/mol. The van der Waals surface area contributed by atoms with Gasteiger partial charge in [0.15, 0.2) is 0 Å². The highest BCUT2D eigenvalue weighted by molar-refractivity contribution is 9.10. The molecule has 0 aliphatic carbocycles. The molecule has 5 heteroatoms. The molecule has 0 radical (unpaired) electrons. The highest BCUT2D eigenvalue weighted by atomic mass is 79.9. The number of benzene rings is 1. The van der Waals surface area contributed by atoms with Gasteiger partial charge in [0.2, 0.25) is 0 Å². The topological polar surface area (TPSA) is 32.3 Å². The lowest BCUT2D eigenvalue weighted by atomic mass is 9.97. The molecule has 1 fully saturated rings. The summed E-state index contributed by atoms with van der Waals surface area (Å²) in [6.07, 6.45) is 2.22. The van der Waals surface area contributed by atoms with Crippen molar-refractivity contribution in [1.29, 1.82) is 0 Å². The molecule has 1 aromatic rings. The van der Waals surface area contributed by atoms with E-state index in [0.29, 0.717) is 22.5 Å². The summed E-state index contributed by atoms with van der Waals surface area (Å²) in [5, 5.41) is 3.33. The first-order valence-electron chi connectivity index (χ1n) is 7.07. The summed E-state index contributed by atoms with van der Waals surface area (Å²) in [4.78, 5) is 14.3. The van der Waals surface area contributed by atoms with Crippen molar-refractivity contribution in [3.63, 3.8) is 0 Å². The van der Waals surface area contributed by atoms with Crippen LogP contribution in [0, 0.1) is 11.7 Å². The maximum absolute atomic E-state index is 13.2. The van der Waals surface area contributed by atoms with Crippen molar-refractivity contribution in [1.82, 2.24) is 10.2 Å². The van der Waals surface area contributed by atoms with Crippen LogP contribution in [0.1, 0.15) is 30.1 Å². The Hall–Kier alpha value is -0.940. The molecule has 0 bridgehead atoms. The van der Waals surface area contributed by atoms with E-state index in [1.54, 1.807) is 12.1 Å². The SMILES string of the molecule is CCN(CC1CCNCC1)C(=O)c1ccc(F)c(Br)c1. The number of nitrogens with one attached hydrogen (secondary N) is 1. The van der Waals surface area contributed by atoms with Crippen molar-refractivity contribution < 1.29 is 9.18 Å². The van der Waals surface area contributed by atoms with Crippen LogP contribution in [0.4, 0.5) is 4.39 Å². The van der Waals surface area contributed by atoms with Gasteiger partial charge in [-0.1, -0.05) is 0 Å². The van der Waals surface area contributed by atoms with E-state index in [2.05, 4.69) is 21.2 Å². The van der Waals surface area contributed by atoms with Gasteiger partial charge in [0.05, 0.1) is 4.47 Å². The molecule has 2 rings (SSSR count). The Labute approximate surface area is 127 Å². The smallest absolute Gasteiger partial charge is 0.253 e. The minimum atomic E-state index is -0.344. The largest absolute Gasteiger partial charge is 0.339 e. The number of nitrogens with zero attached hydrogens (tertiary/aromatic N) is 1. The van der Waals surface area contributed by atoms with Gasteiger partial charge in [-0.2, -0.15) is 0 Å². The second-order valence-electron chi connectivity index (χ2n) is 5.17. The molecule has 1 heterocycles. The lowest BCUT2D eigenvalue weighted by Crippen LogP contribution is -2.39. The van der Waals surface area contributed by atoms with E-state index in [1.807, 2.05) is 11.8 Å². The number of carbonyl (C=O) groups is 1. The van der Waals surface area contributed by atoms with E-state index >= 15 is 0 Å². The van der Waals surface area contributed by atoms with Gasteiger partial charge in [0.1, 0.15) is 5.82 Å². The minimum Gasteiger partial charge on any atom is -0.339 e. The molecule has 0 spiro atoms. The Morgan fingerprint density at radius 2 is 2.15 bits per heavy atom. The third-order valence-electron chi connectivity index (χ3n) is 3.77. The Morgan fingerprint density at radius 1 is 1.45 bits per heavy atom. The molecule has 0 unspecified atom stereocenters. The molecule has 1 amide bonds. The summed E-state index contributed by atoms with van der Waals surface area (Å²) in [6, 6.07) is 4.44. The molecule has 1 aliphatic rings. The molecular formula is C15H20BrFN2O. The molecule has 3 nitrogen and oxygen atoms in total. The number of hydrogen-bond acceptors (Lipinski definition) is 2. The van der Waals surface area contributed by atoms with Crippen molar-refractivity contribution in [3.05, 3.63) is 34.1 Å². The molecule has 1 aliphatic heterocycles. The summed E-state index contributed by atoms with van der Waals surface area (Å²) in [5.41, 5.74) is 0.536. The van der Waals surface area contributed by atoms with Crippen LogP contribution in [0.15, 0.2) is 22.7 Å². The van der Waals surface area contributed by atoms with Gasteiger partial charge in [-0.25, -0.2) is 4.39 Å². The van der Waals surface area contributed by atoms with Crippen LogP contribution in [-0.2, 0) is 0 Å². The Morgan fingerprint density at radius 3 is 2.75 bits per heavy atom. The molecular weight excluding hydrogens is 323 g/mol. The number of halogens is 2. The molecule has 20 heavy (non-hydrogen) atoms. The zero-order chi connectivity index (χ0) is 14.5. The van der Waals surface area contributed by atoms with Crippen molar-refractivity contribution >= 4 is 21.8 Å². The normalized spacial score (nSPS) is 16.1. The first kappa shape index (κ1) is 15.4. The monoisotopic (exact) mass is 342 g/mol. The van der Waals surface area contributed by atoms with Gasteiger partial charge in [-0.15, -0.1) is 0 Å². The minimum absolute atomic E-state index is 0.0215. The third-order valence-corrected chi connectivity index (χ3v) is 4.38. The fraction of sp³-hybridized carbons (Fsp3) is 0.533. The van der Waals surface area contributed by atoms with Crippen LogP contribution in [0.3, 0.4) is 0 Å². The Bertz CT molecular complexity index is 475. The first-order chi connectivity index (χ1) is 9.61. The van der Waals surface area contributed by atoms with E-state index in [1.165, 1.54) is 6.07 Å². The quantitative estimate of drug-likeness (QED) is 0.911. The number of amides is 1. The van der Waals surface area contributed by atoms with Crippen molar-refractivity contribution in [3.8, 4) is 0 Å². The van der Waals surface area contributed by atoms with Crippen LogP contribution in [0.5, 0.6) is 0 Å². The number of hydrogen-bond donors (Lipinski definition) is 1. The maximum atomic E-state index is 13.2. The molecule has 1 aromatic carbocycles. The van der Waals surface area contributed by atoms with Crippen LogP contribution in [0.25, 0.3) is 0 Å². The fourth-order valence-electron chi connectivity index (χ4n) is 2.54. The summed E-state index contributed by atoms with van der Waals surface area (Å²) >= 11 is 3.13. The van der Waals surface area contributed by atoms with E-state index in [-0.39, 0.29) is 11.7 Å². The lowest BCUT2D eigenvalue weighted by Gasteiger charge is -2.29. The van der Waals surface area contributed by atoms with E-state index in [9.17, 15) is 9.18 Å². The zero-order valence-electron chi connectivity index (χ0n) is 11.7. The van der Waals surface area contributed by atoms with E-state index in [4.69, 9.17) is 0 Å². The first-order valence-corrected chi connectivity index (χ1v) is 7.86. The second kappa shape index (κ2) is 7.18. The molecule has 0 aromatic heterocycles. The average Bonchev–Trinajstić information content (AvgIpc) is 2.48. The summed E-state index contributed by atoms with van der Waals surface area (Å²) in [7, 11) is 0. The summed E-state index contributed by atoms with van der Waals surface area (Å²) < 4.78 is 13.6. The highest BCUT2D eigenvalue weighted by Crippen LogP contribution is 2.19. The predicted molar refractivity (Wildman–Crippen MR) is 81.3 cm³/mol. The fourth-order valence-corrected chi connectivity index (χ4v) is 2.92. The highest BCUT2D eigenvalue weighted by Gasteiger charge is 2.21. The maximum Gasteiger partial charge on any atom is 0.253 e. The van der Waals surface area contributed by atoms with E-state index in [0.717, 1.165) is 32.5 Å². The zero-order valence-corrected chi connectivity index (χ0v) is 13.2. The Kier molecular flexibility index (Phi) is 5.54. The van der Waals surface area contributed by atoms with Crippen LogP contribution < -0.4 is 5.32 Å². The molecule has 1 saturated heterocycles. The van der Waals surface area contributed by atoms with Gasteiger partial charge in [-0.05, 0) is 72.9 Å². The van der Waals surface area contributed by atoms with Gasteiger partial charge in [-0.3, -0.25) is 4.79 Å². The summed E-state index contributed by atoms with van der Waals surface area (Å²) in [5.74, 6) is 0.193. The van der Waals surface area contributed by atoms with Gasteiger partial charge >= 0.3 is 0 Å². The summed E-state index contributed by atoms with van der Waals surface area (Å²) in [6.45, 7) is 5.50. The molecule has 110 valence electrons. The predicted octanol–water partition coefficient (Wildman–Crippen LogP) is 3.05. The number of piperidine rings is 1. The van der Waals surface area contributed by atoms with Crippen LogP contribution in [-0.4, -0.2) is 37.0 Å². The van der Waals surface area contributed by atoms with E-state index < -0.39 is 0 Å². The van der Waals surface area contributed by atoms with Crippen molar-refractivity contribution in [2.45, 2.75) is 19.8 Å². The lowest BCUT2D eigenvalue weighted by molar-refractivity contribution is 0.0726. The second-order valence-corrected chi connectivity index (χ2v) is 6.02. The van der Waals surface area contributed by atoms with Crippen LogP contribution in [0.2, 0.25) is 0 Å².